The number of hydrogen-bond acceptors (Lipinski definition) is 4. The van der Waals surface area contributed by atoms with Crippen LogP contribution in [0.15, 0.2) is 23.1 Å². The molecule has 0 radical (unpaired) electrons. The molecule has 0 fully saturated rings. The number of rotatable bonds is 5. The van der Waals surface area contributed by atoms with Crippen molar-refractivity contribution in [2.75, 3.05) is 7.05 Å². The van der Waals surface area contributed by atoms with Gasteiger partial charge in [-0.05, 0) is 24.9 Å². The molecular weight excluding hydrogens is 316 g/mol. The van der Waals surface area contributed by atoms with Crippen LogP contribution in [0.5, 0.6) is 0 Å². The van der Waals surface area contributed by atoms with E-state index in [1.54, 1.807) is 0 Å². The largest absolute Gasteiger partial charge is 0.273 e. The molecule has 0 aliphatic heterocycles. The van der Waals surface area contributed by atoms with E-state index in [1.165, 1.54) is 19.2 Å². The second-order valence-electron chi connectivity index (χ2n) is 5.79. The molecule has 8 heteroatoms. The van der Waals surface area contributed by atoms with Crippen LogP contribution in [0.4, 0.5) is 5.69 Å². The van der Waals surface area contributed by atoms with Gasteiger partial charge in [0.25, 0.3) is 5.69 Å². The third-order valence-corrected chi connectivity index (χ3v) is 5.39. The van der Waals surface area contributed by atoms with Gasteiger partial charge in [-0.15, -0.1) is 11.6 Å². The van der Waals surface area contributed by atoms with Crippen molar-refractivity contribution in [3.8, 4) is 0 Å². The predicted octanol–water partition coefficient (Wildman–Crippen LogP) is 2.70. The fourth-order valence-corrected chi connectivity index (χ4v) is 2.59. The van der Waals surface area contributed by atoms with E-state index in [9.17, 15) is 18.5 Å². The van der Waals surface area contributed by atoms with Crippen LogP contribution in [-0.2, 0) is 16.4 Å². The number of sulfonamides is 1. The molecule has 0 heterocycles. The van der Waals surface area contributed by atoms with Gasteiger partial charge in [-0.3, -0.25) is 10.1 Å². The molecule has 6 nitrogen and oxygen atoms in total. The van der Waals surface area contributed by atoms with Gasteiger partial charge in [-0.1, -0.05) is 26.8 Å². The Hall–Kier alpha value is -1.18. The normalized spacial score (nSPS) is 14.0. The summed E-state index contributed by atoms with van der Waals surface area (Å²) in [7, 11) is -2.46. The van der Waals surface area contributed by atoms with Crippen molar-refractivity contribution < 1.29 is 13.3 Å². The Kier molecular flexibility index (Phi) is 5.35. The van der Waals surface area contributed by atoms with Crippen LogP contribution in [0.2, 0.25) is 0 Å². The van der Waals surface area contributed by atoms with Gasteiger partial charge >= 0.3 is 0 Å². The van der Waals surface area contributed by atoms with E-state index in [0.717, 1.165) is 6.07 Å². The van der Waals surface area contributed by atoms with E-state index in [4.69, 9.17) is 11.6 Å². The van der Waals surface area contributed by atoms with Gasteiger partial charge in [0.15, 0.2) is 0 Å². The summed E-state index contributed by atoms with van der Waals surface area (Å²) in [6.45, 7) is 5.82. The first-order valence-corrected chi connectivity index (χ1v) is 8.26. The van der Waals surface area contributed by atoms with E-state index >= 15 is 0 Å². The number of nitro benzene ring substituents is 1. The van der Waals surface area contributed by atoms with Crippen LogP contribution in [-0.4, -0.2) is 25.8 Å². The summed E-state index contributed by atoms with van der Waals surface area (Å²) >= 11 is 6.27. The average Bonchev–Trinajstić information content (AvgIpc) is 2.37. The molecule has 118 valence electrons. The summed E-state index contributed by atoms with van der Waals surface area (Å²) < 4.78 is 25.5. The standard InChI is InChI=1S/C13H19ClN2O4S/c1-13(2,3)12(14)7-9-5-6-10(21(19,20)15-4)8-11(9)16(17)18/h5-6,8,12,15H,7H2,1-4H3. The van der Waals surface area contributed by atoms with Crippen LogP contribution in [0.25, 0.3) is 0 Å². The molecule has 1 aromatic rings. The van der Waals surface area contributed by atoms with E-state index in [0.29, 0.717) is 12.0 Å². The van der Waals surface area contributed by atoms with Crippen molar-refractivity contribution in [2.24, 2.45) is 5.41 Å². The number of halogens is 1. The Morgan fingerprint density at radius 1 is 1.38 bits per heavy atom. The minimum absolute atomic E-state index is 0.137. The van der Waals surface area contributed by atoms with Gasteiger partial charge in [-0.25, -0.2) is 13.1 Å². The lowest BCUT2D eigenvalue weighted by Crippen LogP contribution is -2.23. The van der Waals surface area contributed by atoms with Crippen molar-refractivity contribution in [3.63, 3.8) is 0 Å². The molecule has 0 bridgehead atoms. The second kappa shape index (κ2) is 6.29. The molecule has 21 heavy (non-hydrogen) atoms. The number of nitro groups is 1. The third kappa shape index (κ3) is 4.39. The molecule has 1 atom stereocenters. The van der Waals surface area contributed by atoms with E-state index in [-0.39, 0.29) is 21.4 Å². The van der Waals surface area contributed by atoms with E-state index in [1.807, 2.05) is 20.8 Å². The summed E-state index contributed by atoms with van der Waals surface area (Å²) in [5.41, 5.74) is -0.0308. The fraction of sp³-hybridized carbons (Fsp3) is 0.538. The summed E-state index contributed by atoms with van der Waals surface area (Å²) in [4.78, 5) is 10.4. The Morgan fingerprint density at radius 3 is 2.38 bits per heavy atom. The van der Waals surface area contributed by atoms with Crippen molar-refractivity contribution >= 4 is 27.3 Å². The predicted molar refractivity (Wildman–Crippen MR) is 82.1 cm³/mol. The smallest absolute Gasteiger partial charge is 0.258 e. The molecule has 1 unspecified atom stereocenters. The molecule has 0 saturated heterocycles. The Labute approximate surface area is 129 Å². The lowest BCUT2D eigenvalue weighted by atomic mass is 9.87. The number of hydrogen-bond donors (Lipinski definition) is 1. The molecule has 0 aromatic heterocycles. The number of benzene rings is 1. The number of nitrogens with zero attached hydrogens (tertiary/aromatic N) is 1. The van der Waals surface area contributed by atoms with Crippen molar-refractivity contribution in [2.45, 2.75) is 37.5 Å². The molecule has 0 saturated carbocycles. The summed E-state index contributed by atoms with van der Waals surface area (Å²) in [6.07, 6.45) is 0.293. The molecule has 0 amide bonds. The van der Waals surface area contributed by atoms with Crippen LogP contribution in [0, 0.1) is 15.5 Å². The zero-order valence-electron chi connectivity index (χ0n) is 12.4. The summed E-state index contributed by atoms with van der Waals surface area (Å²) in [5.74, 6) is 0. The van der Waals surface area contributed by atoms with Crippen molar-refractivity contribution in [1.29, 1.82) is 0 Å². The topological polar surface area (TPSA) is 89.3 Å². The highest BCUT2D eigenvalue weighted by molar-refractivity contribution is 7.89. The number of alkyl halides is 1. The third-order valence-electron chi connectivity index (χ3n) is 3.17. The maximum atomic E-state index is 11.7. The summed E-state index contributed by atoms with van der Waals surface area (Å²) in [6, 6.07) is 3.86. The van der Waals surface area contributed by atoms with Gasteiger partial charge in [0.2, 0.25) is 10.0 Å². The van der Waals surface area contributed by atoms with E-state index in [2.05, 4.69) is 4.72 Å². The molecule has 0 aliphatic rings. The summed E-state index contributed by atoms with van der Waals surface area (Å²) in [5, 5.41) is 10.9. The molecule has 1 rings (SSSR count). The number of nitrogens with one attached hydrogen (secondary N) is 1. The minimum Gasteiger partial charge on any atom is -0.258 e. The van der Waals surface area contributed by atoms with Gasteiger partial charge in [-0.2, -0.15) is 0 Å². The second-order valence-corrected chi connectivity index (χ2v) is 8.21. The van der Waals surface area contributed by atoms with Gasteiger partial charge < -0.3 is 0 Å². The lowest BCUT2D eigenvalue weighted by molar-refractivity contribution is -0.385. The minimum atomic E-state index is -3.72. The van der Waals surface area contributed by atoms with Gasteiger partial charge in [0.05, 0.1) is 9.82 Å². The van der Waals surface area contributed by atoms with Crippen molar-refractivity contribution in [1.82, 2.24) is 4.72 Å². The maximum absolute atomic E-state index is 11.7. The molecule has 0 spiro atoms. The van der Waals surface area contributed by atoms with Crippen LogP contribution in [0.3, 0.4) is 0 Å². The average molecular weight is 335 g/mol. The first-order valence-electron chi connectivity index (χ1n) is 6.34. The van der Waals surface area contributed by atoms with Crippen molar-refractivity contribution in [3.05, 3.63) is 33.9 Å². The molecular formula is C13H19ClN2O4S. The molecule has 0 aliphatic carbocycles. The fourth-order valence-electron chi connectivity index (χ4n) is 1.67. The Bertz CT molecular complexity index is 638. The highest BCUT2D eigenvalue weighted by Crippen LogP contribution is 2.31. The molecule has 1 N–H and O–H groups in total. The highest BCUT2D eigenvalue weighted by Gasteiger charge is 2.27. The van der Waals surface area contributed by atoms with Crippen LogP contribution >= 0.6 is 11.6 Å². The zero-order chi connectivity index (χ0) is 16.4. The quantitative estimate of drug-likeness (QED) is 0.509. The van der Waals surface area contributed by atoms with Crippen LogP contribution in [0.1, 0.15) is 26.3 Å². The maximum Gasteiger partial charge on any atom is 0.273 e. The van der Waals surface area contributed by atoms with Gasteiger partial charge in [0, 0.05) is 17.0 Å². The zero-order valence-corrected chi connectivity index (χ0v) is 14.0. The first kappa shape index (κ1) is 17.9. The van der Waals surface area contributed by atoms with Gasteiger partial charge in [0.1, 0.15) is 0 Å². The Balaban J connectivity index is 3.27. The Morgan fingerprint density at radius 2 is 1.95 bits per heavy atom. The highest BCUT2D eigenvalue weighted by atomic mass is 35.5. The van der Waals surface area contributed by atoms with Crippen LogP contribution < -0.4 is 4.72 Å². The monoisotopic (exact) mass is 334 g/mol. The van der Waals surface area contributed by atoms with E-state index < -0.39 is 14.9 Å². The first-order chi connectivity index (χ1) is 9.49. The lowest BCUT2D eigenvalue weighted by Gasteiger charge is -2.25. The molecule has 1 aromatic carbocycles. The SMILES string of the molecule is CNS(=O)(=O)c1ccc(CC(Cl)C(C)(C)C)c([N+](=O)[O-])c1.